The molecule has 0 heterocycles. The van der Waals surface area contributed by atoms with Crippen molar-refractivity contribution in [3.8, 4) is 0 Å². The molecule has 0 aromatic carbocycles. The number of rotatable bonds is 5. The van der Waals surface area contributed by atoms with Gasteiger partial charge in [0.05, 0.1) is 5.60 Å². The van der Waals surface area contributed by atoms with E-state index >= 15 is 0 Å². The predicted octanol–water partition coefficient (Wildman–Crippen LogP) is 5.42. The fourth-order valence-electron chi connectivity index (χ4n) is 2.69. The van der Waals surface area contributed by atoms with Gasteiger partial charge in [0.15, 0.2) is 0 Å². The molecule has 128 valence electrons. The van der Waals surface area contributed by atoms with Crippen molar-refractivity contribution < 1.29 is 27.1 Å². The Labute approximate surface area is 123 Å². The smallest absolute Gasteiger partial charge is 0.390 e. The molecule has 0 saturated heterocycles. The first-order valence-electron chi connectivity index (χ1n) is 6.88. The maximum atomic E-state index is 14.7. The summed E-state index contributed by atoms with van der Waals surface area (Å²) in [4.78, 5) is 0. The summed E-state index contributed by atoms with van der Waals surface area (Å²) in [5.41, 5.74) is -7.60. The lowest BCUT2D eigenvalue weighted by Crippen LogP contribution is -2.60. The Morgan fingerprint density at radius 3 is 1.24 bits per heavy atom. The van der Waals surface area contributed by atoms with Crippen LogP contribution in [0.5, 0.6) is 0 Å². The summed E-state index contributed by atoms with van der Waals surface area (Å²) in [7, 11) is 0. The Hall–Kier alpha value is -0.390. The summed E-state index contributed by atoms with van der Waals surface area (Å²) in [6, 6.07) is 0. The first-order chi connectivity index (χ1) is 8.71. The molecule has 0 spiro atoms. The fraction of sp³-hybridized carbons (Fsp3) is 1.00. The van der Waals surface area contributed by atoms with Crippen LogP contribution in [0, 0.1) is 16.2 Å². The zero-order valence-corrected chi connectivity index (χ0v) is 14.0. The highest BCUT2D eigenvalue weighted by Gasteiger charge is 2.71. The van der Waals surface area contributed by atoms with Gasteiger partial charge in [-0.05, 0) is 39.5 Å². The van der Waals surface area contributed by atoms with Crippen LogP contribution in [0.2, 0.25) is 0 Å². The van der Waals surface area contributed by atoms with E-state index in [1.54, 1.807) is 0 Å². The summed E-state index contributed by atoms with van der Waals surface area (Å²) >= 11 is 0. The van der Waals surface area contributed by atoms with E-state index in [4.69, 9.17) is 0 Å². The molecule has 0 saturated carbocycles. The van der Waals surface area contributed by atoms with Crippen molar-refractivity contribution in [3.05, 3.63) is 0 Å². The second-order valence-corrected chi connectivity index (χ2v) is 8.20. The predicted molar refractivity (Wildman–Crippen MR) is 73.3 cm³/mol. The van der Waals surface area contributed by atoms with Gasteiger partial charge in [-0.15, -0.1) is 0 Å². The SMILES string of the molecule is CC(C)(O)CC(C)(C)C(C)(C)C(F)(F)C(C)(C)C(F)(F)F. The standard InChI is InChI=1S/C15H27F5O/c1-10(2,9-11(3,4)21)12(5,6)14(16,17)13(7,8)15(18,19)20/h21H,9H2,1-8H3. The van der Waals surface area contributed by atoms with Gasteiger partial charge in [0.25, 0.3) is 5.92 Å². The van der Waals surface area contributed by atoms with Gasteiger partial charge in [-0.3, -0.25) is 0 Å². The normalized spacial score (nSPS) is 16.3. The lowest BCUT2D eigenvalue weighted by Gasteiger charge is -2.53. The minimum absolute atomic E-state index is 0.0451. The van der Waals surface area contributed by atoms with Gasteiger partial charge in [-0.1, -0.05) is 27.7 Å². The molecule has 6 heteroatoms. The van der Waals surface area contributed by atoms with Crippen molar-refractivity contribution in [2.45, 2.75) is 79.5 Å². The molecular weight excluding hydrogens is 291 g/mol. The largest absolute Gasteiger partial charge is 0.399 e. The Morgan fingerprint density at radius 2 is 1.00 bits per heavy atom. The third-order valence-corrected chi connectivity index (χ3v) is 4.85. The maximum Gasteiger partial charge on any atom is 0.399 e. The Kier molecular flexibility index (Phi) is 4.97. The van der Waals surface area contributed by atoms with E-state index in [1.807, 2.05) is 0 Å². The highest BCUT2D eigenvalue weighted by Crippen LogP contribution is 2.62. The quantitative estimate of drug-likeness (QED) is 0.671. The van der Waals surface area contributed by atoms with Crippen molar-refractivity contribution in [3.63, 3.8) is 0 Å². The second kappa shape index (κ2) is 5.07. The average Bonchev–Trinajstić information content (AvgIpc) is 2.10. The summed E-state index contributed by atoms with van der Waals surface area (Å²) in [6.45, 7) is 9.15. The van der Waals surface area contributed by atoms with Crippen LogP contribution in [-0.4, -0.2) is 22.8 Å². The molecule has 0 aliphatic carbocycles. The van der Waals surface area contributed by atoms with Gasteiger partial charge in [0.2, 0.25) is 0 Å². The summed E-state index contributed by atoms with van der Waals surface area (Å²) < 4.78 is 68.7. The second-order valence-electron chi connectivity index (χ2n) is 8.20. The summed E-state index contributed by atoms with van der Waals surface area (Å²) in [5.74, 6) is -4.01. The van der Waals surface area contributed by atoms with Crippen molar-refractivity contribution >= 4 is 0 Å². The van der Waals surface area contributed by atoms with Crippen molar-refractivity contribution in [2.24, 2.45) is 16.2 Å². The van der Waals surface area contributed by atoms with E-state index in [9.17, 15) is 27.1 Å². The zero-order chi connectivity index (χ0) is 17.7. The van der Waals surface area contributed by atoms with E-state index in [0.717, 1.165) is 13.8 Å². The first-order valence-corrected chi connectivity index (χ1v) is 6.88. The van der Waals surface area contributed by atoms with Crippen LogP contribution in [-0.2, 0) is 0 Å². The molecule has 0 radical (unpaired) electrons. The molecule has 1 nitrogen and oxygen atoms in total. The Bertz CT molecular complexity index is 373. The maximum absolute atomic E-state index is 14.7. The number of hydrogen-bond donors (Lipinski definition) is 1. The minimum atomic E-state index is -5.03. The number of hydrogen-bond acceptors (Lipinski definition) is 1. The van der Waals surface area contributed by atoms with Crippen LogP contribution in [0.4, 0.5) is 22.0 Å². The molecule has 0 fully saturated rings. The van der Waals surface area contributed by atoms with Crippen molar-refractivity contribution in [1.29, 1.82) is 0 Å². The monoisotopic (exact) mass is 318 g/mol. The first kappa shape index (κ1) is 20.6. The molecule has 0 aliphatic heterocycles. The topological polar surface area (TPSA) is 20.2 Å². The van der Waals surface area contributed by atoms with Gasteiger partial charge in [0.1, 0.15) is 5.41 Å². The molecule has 0 atom stereocenters. The van der Waals surface area contributed by atoms with E-state index in [2.05, 4.69) is 0 Å². The third kappa shape index (κ3) is 3.51. The average molecular weight is 318 g/mol. The van der Waals surface area contributed by atoms with Crippen LogP contribution in [0.25, 0.3) is 0 Å². The highest BCUT2D eigenvalue weighted by molar-refractivity contribution is 5.06. The zero-order valence-electron chi connectivity index (χ0n) is 14.0. The molecule has 0 unspecified atom stereocenters. The molecule has 0 rings (SSSR count). The van der Waals surface area contributed by atoms with Gasteiger partial charge in [-0.25, -0.2) is 8.78 Å². The van der Waals surface area contributed by atoms with Gasteiger partial charge in [-0.2, -0.15) is 13.2 Å². The third-order valence-electron chi connectivity index (χ3n) is 4.85. The van der Waals surface area contributed by atoms with Gasteiger partial charge < -0.3 is 5.11 Å². The number of alkyl halides is 5. The number of aliphatic hydroxyl groups is 1. The minimum Gasteiger partial charge on any atom is -0.390 e. The highest BCUT2D eigenvalue weighted by atomic mass is 19.4. The van der Waals surface area contributed by atoms with Gasteiger partial charge >= 0.3 is 6.18 Å². The van der Waals surface area contributed by atoms with Crippen LogP contribution < -0.4 is 0 Å². The van der Waals surface area contributed by atoms with E-state index < -0.39 is 33.9 Å². The Balaban J connectivity index is 5.89. The van der Waals surface area contributed by atoms with Crippen LogP contribution in [0.15, 0.2) is 0 Å². The van der Waals surface area contributed by atoms with Crippen molar-refractivity contribution in [1.82, 2.24) is 0 Å². The molecule has 0 amide bonds. The Morgan fingerprint density at radius 1 is 0.667 bits per heavy atom. The van der Waals surface area contributed by atoms with E-state index in [0.29, 0.717) is 13.8 Å². The molecule has 0 aliphatic rings. The van der Waals surface area contributed by atoms with E-state index in [1.165, 1.54) is 27.7 Å². The van der Waals surface area contributed by atoms with Crippen LogP contribution in [0.3, 0.4) is 0 Å². The molecule has 0 aromatic heterocycles. The summed E-state index contributed by atoms with van der Waals surface area (Å²) in [5, 5.41) is 9.88. The molecule has 1 N–H and O–H groups in total. The molecular formula is C15H27F5O. The summed E-state index contributed by atoms with van der Waals surface area (Å²) in [6.07, 6.45) is -5.07. The van der Waals surface area contributed by atoms with Crippen LogP contribution >= 0.6 is 0 Å². The fourth-order valence-corrected chi connectivity index (χ4v) is 2.69. The van der Waals surface area contributed by atoms with Crippen LogP contribution in [0.1, 0.15) is 61.8 Å². The molecule has 0 bridgehead atoms. The number of halogens is 5. The molecule has 21 heavy (non-hydrogen) atoms. The van der Waals surface area contributed by atoms with Gasteiger partial charge in [0, 0.05) is 5.41 Å². The lowest BCUT2D eigenvalue weighted by molar-refractivity contribution is -0.328. The van der Waals surface area contributed by atoms with E-state index in [-0.39, 0.29) is 6.42 Å². The molecule has 0 aromatic rings. The lowest BCUT2D eigenvalue weighted by atomic mass is 9.56. The van der Waals surface area contributed by atoms with Crippen molar-refractivity contribution in [2.75, 3.05) is 0 Å².